The molecule has 4 unspecified atom stereocenters. The lowest BCUT2D eigenvalue weighted by Gasteiger charge is -2.15. The first-order chi connectivity index (χ1) is 8.28. The van der Waals surface area contributed by atoms with Crippen LogP contribution in [0.3, 0.4) is 0 Å². The second-order valence-electron chi connectivity index (χ2n) is 5.11. The molecule has 2 saturated heterocycles. The van der Waals surface area contributed by atoms with Gasteiger partial charge in [0.15, 0.2) is 0 Å². The van der Waals surface area contributed by atoms with Gasteiger partial charge in [-0.1, -0.05) is 6.92 Å². The Kier molecular flexibility index (Phi) is 3.19. The van der Waals surface area contributed by atoms with E-state index in [9.17, 15) is 0 Å². The topological polar surface area (TPSA) is 34.1 Å². The number of nitrogens with one attached hydrogen (secondary N) is 1. The van der Waals surface area contributed by atoms with Crippen LogP contribution in [0.2, 0.25) is 0 Å². The quantitative estimate of drug-likeness (QED) is 0.894. The van der Waals surface area contributed by atoms with Crippen molar-refractivity contribution in [3.63, 3.8) is 0 Å². The molecule has 0 saturated carbocycles. The summed E-state index contributed by atoms with van der Waals surface area (Å²) < 4.78 is 5.91. The van der Waals surface area contributed by atoms with E-state index >= 15 is 0 Å². The van der Waals surface area contributed by atoms with Crippen molar-refractivity contribution in [1.82, 2.24) is 10.3 Å². The molecular formula is C13H20N2OS. The van der Waals surface area contributed by atoms with Crippen LogP contribution in [0, 0.1) is 0 Å². The standard InChI is InChI=1S/C13H20N2OS/c1-3-14-8(2)11-7-17-13(15-11)10-6-9-4-5-12(10)16-9/h7-10,12,14H,3-6H2,1-2H3. The zero-order valence-electron chi connectivity index (χ0n) is 10.5. The van der Waals surface area contributed by atoms with Gasteiger partial charge in [-0.25, -0.2) is 4.98 Å². The molecule has 94 valence electrons. The summed E-state index contributed by atoms with van der Waals surface area (Å²) in [6.07, 6.45) is 4.64. The van der Waals surface area contributed by atoms with E-state index in [0.717, 1.165) is 6.54 Å². The number of hydrogen-bond acceptors (Lipinski definition) is 4. The fraction of sp³-hybridized carbons (Fsp3) is 0.769. The Hall–Kier alpha value is -0.450. The largest absolute Gasteiger partial charge is 0.374 e. The predicted molar refractivity (Wildman–Crippen MR) is 69.5 cm³/mol. The van der Waals surface area contributed by atoms with Gasteiger partial charge < -0.3 is 10.1 Å². The minimum atomic E-state index is 0.365. The van der Waals surface area contributed by atoms with Crippen molar-refractivity contribution in [2.24, 2.45) is 0 Å². The third-order valence-electron chi connectivity index (χ3n) is 3.92. The monoisotopic (exact) mass is 252 g/mol. The summed E-state index contributed by atoms with van der Waals surface area (Å²) in [5.41, 5.74) is 1.19. The summed E-state index contributed by atoms with van der Waals surface area (Å²) in [6, 6.07) is 0.365. The second-order valence-corrected chi connectivity index (χ2v) is 6.00. The highest BCUT2D eigenvalue weighted by Crippen LogP contribution is 2.45. The van der Waals surface area contributed by atoms with Gasteiger partial charge in [-0.15, -0.1) is 11.3 Å². The van der Waals surface area contributed by atoms with Crippen molar-refractivity contribution in [2.75, 3.05) is 6.54 Å². The number of fused-ring (bicyclic) bond motifs is 2. The lowest BCUT2D eigenvalue weighted by molar-refractivity contribution is 0.100. The Labute approximate surface area is 107 Å². The molecule has 2 aliphatic heterocycles. The number of hydrogen-bond donors (Lipinski definition) is 1. The SMILES string of the molecule is CCNC(C)c1csc(C2CC3CCC2O3)n1. The summed E-state index contributed by atoms with van der Waals surface area (Å²) in [5, 5.41) is 6.90. The highest BCUT2D eigenvalue weighted by Gasteiger charge is 2.42. The normalized spacial score (nSPS) is 33.2. The molecule has 0 radical (unpaired) electrons. The average molecular weight is 252 g/mol. The fourth-order valence-electron chi connectivity index (χ4n) is 2.98. The van der Waals surface area contributed by atoms with Crippen LogP contribution in [0.1, 0.15) is 55.8 Å². The Morgan fingerprint density at radius 2 is 2.47 bits per heavy atom. The van der Waals surface area contributed by atoms with E-state index in [1.807, 2.05) is 11.3 Å². The van der Waals surface area contributed by atoms with Crippen molar-refractivity contribution in [3.8, 4) is 0 Å². The van der Waals surface area contributed by atoms with Crippen molar-refractivity contribution < 1.29 is 4.74 Å². The minimum Gasteiger partial charge on any atom is -0.374 e. The molecule has 0 spiro atoms. The molecule has 1 N–H and O–H groups in total. The van der Waals surface area contributed by atoms with E-state index in [2.05, 4.69) is 24.5 Å². The Morgan fingerprint density at radius 3 is 3.12 bits per heavy atom. The Morgan fingerprint density at radius 1 is 1.59 bits per heavy atom. The van der Waals surface area contributed by atoms with Gasteiger partial charge in [0.05, 0.1) is 22.9 Å². The molecule has 3 rings (SSSR count). The van der Waals surface area contributed by atoms with Crippen LogP contribution in [0.4, 0.5) is 0 Å². The lowest BCUT2D eigenvalue weighted by Crippen LogP contribution is -2.18. The molecule has 2 fully saturated rings. The van der Waals surface area contributed by atoms with Crippen molar-refractivity contribution in [2.45, 2.75) is 57.3 Å². The van der Waals surface area contributed by atoms with E-state index < -0.39 is 0 Å². The zero-order valence-corrected chi connectivity index (χ0v) is 11.3. The van der Waals surface area contributed by atoms with Gasteiger partial charge >= 0.3 is 0 Å². The summed E-state index contributed by atoms with van der Waals surface area (Å²) in [7, 11) is 0. The van der Waals surface area contributed by atoms with Gasteiger partial charge in [-0.3, -0.25) is 0 Å². The lowest BCUT2D eigenvalue weighted by atomic mass is 9.90. The van der Waals surface area contributed by atoms with Crippen LogP contribution in [-0.2, 0) is 4.74 Å². The van der Waals surface area contributed by atoms with Crippen LogP contribution in [-0.4, -0.2) is 23.7 Å². The number of nitrogens with zero attached hydrogens (tertiary/aromatic N) is 1. The van der Waals surface area contributed by atoms with Gasteiger partial charge in [-0.2, -0.15) is 0 Å². The molecule has 0 aliphatic carbocycles. The first-order valence-corrected chi connectivity index (χ1v) is 7.50. The molecule has 0 amide bonds. The average Bonchev–Trinajstić information content (AvgIpc) is 3.05. The molecule has 3 heterocycles. The van der Waals surface area contributed by atoms with E-state index in [-0.39, 0.29) is 0 Å². The molecule has 3 nitrogen and oxygen atoms in total. The number of aromatic nitrogens is 1. The van der Waals surface area contributed by atoms with Crippen LogP contribution in [0.5, 0.6) is 0 Å². The van der Waals surface area contributed by atoms with Crippen LogP contribution in [0.25, 0.3) is 0 Å². The van der Waals surface area contributed by atoms with E-state index in [4.69, 9.17) is 9.72 Å². The molecule has 0 aromatic carbocycles. The highest BCUT2D eigenvalue weighted by molar-refractivity contribution is 7.09. The number of ether oxygens (including phenoxy) is 1. The first-order valence-electron chi connectivity index (χ1n) is 6.62. The highest BCUT2D eigenvalue weighted by atomic mass is 32.1. The summed E-state index contributed by atoms with van der Waals surface area (Å²) >= 11 is 1.81. The fourth-order valence-corrected chi connectivity index (χ4v) is 4.06. The smallest absolute Gasteiger partial charge is 0.0986 e. The zero-order chi connectivity index (χ0) is 11.8. The van der Waals surface area contributed by atoms with Crippen LogP contribution >= 0.6 is 11.3 Å². The second kappa shape index (κ2) is 4.67. The molecular weight excluding hydrogens is 232 g/mol. The van der Waals surface area contributed by atoms with Crippen molar-refractivity contribution in [1.29, 1.82) is 0 Å². The molecule has 4 atom stereocenters. The number of thiazole rings is 1. The van der Waals surface area contributed by atoms with E-state index in [1.165, 1.54) is 30.0 Å². The maximum atomic E-state index is 5.91. The molecule has 1 aromatic rings. The number of rotatable bonds is 4. The van der Waals surface area contributed by atoms with Gasteiger partial charge in [0.25, 0.3) is 0 Å². The van der Waals surface area contributed by atoms with Gasteiger partial charge in [-0.05, 0) is 32.7 Å². The van der Waals surface area contributed by atoms with Crippen LogP contribution in [0.15, 0.2) is 5.38 Å². The molecule has 2 aliphatic rings. The minimum absolute atomic E-state index is 0.365. The van der Waals surface area contributed by atoms with Crippen LogP contribution < -0.4 is 5.32 Å². The summed E-state index contributed by atoms with van der Waals surface area (Å²) in [5.74, 6) is 0.571. The molecule has 2 bridgehead atoms. The van der Waals surface area contributed by atoms with Gasteiger partial charge in [0.2, 0.25) is 0 Å². The van der Waals surface area contributed by atoms with Crippen molar-refractivity contribution in [3.05, 3.63) is 16.1 Å². The third kappa shape index (κ3) is 2.14. The Bertz CT molecular complexity index is 393. The van der Waals surface area contributed by atoms with Gasteiger partial charge in [0, 0.05) is 17.3 Å². The first kappa shape index (κ1) is 11.6. The van der Waals surface area contributed by atoms with E-state index in [0.29, 0.717) is 24.2 Å². The van der Waals surface area contributed by atoms with Gasteiger partial charge in [0.1, 0.15) is 0 Å². The van der Waals surface area contributed by atoms with Crippen molar-refractivity contribution >= 4 is 11.3 Å². The van der Waals surface area contributed by atoms with E-state index in [1.54, 1.807) is 0 Å². The summed E-state index contributed by atoms with van der Waals surface area (Å²) in [6.45, 7) is 5.30. The molecule has 4 heteroatoms. The maximum absolute atomic E-state index is 5.91. The Balaban J connectivity index is 1.72. The third-order valence-corrected chi connectivity index (χ3v) is 4.91. The molecule has 17 heavy (non-hydrogen) atoms. The predicted octanol–water partition coefficient (Wildman–Crippen LogP) is 2.85. The summed E-state index contributed by atoms with van der Waals surface area (Å²) in [4.78, 5) is 4.81. The molecule has 1 aromatic heterocycles. The maximum Gasteiger partial charge on any atom is 0.0986 e.